The Morgan fingerprint density at radius 1 is 0.386 bits per heavy atom. The minimum absolute atomic E-state index is 0.0422. The number of hydrogen-bond acceptors (Lipinski definition) is 2. The Labute approximate surface area is 337 Å². The molecule has 0 fully saturated rings. The summed E-state index contributed by atoms with van der Waals surface area (Å²) in [5, 5.41) is 5.15. The SMILES string of the molecule is CC1(C)c2ccccc2-c2c(-c3ccc(N(c4ccc(-c5cccc6ccccc56)cc4)c4ccccc4-c4ccc5c(c4)sc4ccccc45)cc3)cccc21. The maximum atomic E-state index is 2.43. The predicted molar refractivity (Wildman–Crippen MR) is 245 cm³/mol. The number of fused-ring (bicyclic) bond motifs is 7. The third-order valence-electron chi connectivity index (χ3n) is 12.1. The van der Waals surface area contributed by atoms with Crippen LogP contribution in [0.25, 0.3) is 75.5 Å². The van der Waals surface area contributed by atoms with Gasteiger partial charge in [-0.2, -0.15) is 0 Å². The van der Waals surface area contributed by atoms with Crippen molar-refractivity contribution in [3.8, 4) is 44.5 Å². The van der Waals surface area contributed by atoms with Gasteiger partial charge in [0.2, 0.25) is 0 Å². The Bertz CT molecular complexity index is 3140. The average molecular weight is 746 g/mol. The van der Waals surface area contributed by atoms with Crippen LogP contribution in [0.3, 0.4) is 0 Å². The second kappa shape index (κ2) is 13.2. The summed E-state index contributed by atoms with van der Waals surface area (Å²) >= 11 is 1.87. The van der Waals surface area contributed by atoms with E-state index in [9.17, 15) is 0 Å². The van der Waals surface area contributed by atoms with Gasteiger partial charge in [-0.15, -0.1) is 11.3 Å². The number of nitrogens with zero attached hydrogens (tertiary/aromatic N) is 1. The van der Waals surface area contributed by atoms with Crippen LogP contribution >= 0.6 is 11.3 Å². The lowest BCUT2D eigenvalue weighted by atomic mass is 9.82. The van der Waals surface area contributed by atoms with E-state index in [0.717, 1.165) is 17.1 Å². The Morgan fingerprint density at radius 3 is 1.74 bits per heavy atom. The number of anilines is 3. The predicted octanol–water partition coefficient (Wildman–Crippen LogP) is 16.0. The molecule has 1 aliphatic rings. The van der Waals surface area contributed by atoms with E-state index >= 15 is 0 Å². The van der Waals surface area contributed by atoms with Crippen LogP contribution in [0.2, 0.25) is 0 Å². The van der Waals surface area contributed by atoms with Gasteiger partial charge in [0, 0.05) is 42.5 Å². The first-order chi connectivity index (χ1) is 28.0. The van der Waals surface area contributed by atoms with Gasteiger partial charge in [-0.05, 0) is 103 Å². The molecule has 10 aromatic rings. The van der Waals surface area contributed by atoms with Gasteiger partial charge in [0.05, 0.1) is 5.69 Å². The summed E-state index contributed by atoms with van der Waals surface area (Å²) in [6.45, 7) is 4.70. The zero-order valence-corrected chi connectivity index (χ0v) is 32.7. The van der Waals surface area contributed by atoms with Crippen molar-refractivity contribution < 1.29 is 0 Å². The van der Waals surface area contributed by atoms with Crippen LogP contribution in [-0.2, 0) is 5.41 Å². The monoisotopic (exact) mass is 745 g/mol. The smallest absolute Gasteiger partial charge is 0.0540 e. The van der Waals surface area contributed by atoms with Crippen LogP contribution in [-0.4, -0.2) is 0 Å². The molecule has 0 aliphatic heterocycles. The van der Waals surface area contributed by atoms with E-state index in [0.29, 0.717) is 0 Å². The molecule has 11 rings (SSSR count). The lowest BCUT2D eigenvalue weighted by molar-refractivity contribution is 0.660. The van der Waals surface area contributed by atoms with Gasteiger partial charge >= 0.3 is 0 Å². The summed E-state index contributed by atoms with van der Waals surface area (Å²) in [4.78, 5) is 2.43. The highest BCUT2D eigenvalue weighted by molar-refractivity contribution is 7.25. The molecule has 270 valence electrons. The molecule has 0 unspecified atom stereocenters. The summed E-state index contributed by atoms with van der Waals surface area (Å²) in [7, 11) is 0. The quantitative estimate of drug-likeness (QED) is 0.164. The fourth-order valence-corrected chi connectivity index (χ4v) is 10.4. The van der Waals surface area contributed by atoms with Crippen LogP contribution in [0, 0.1) is 0 Å². The maximum Gasteiger partial charge on any atom is 0.0540 e. The third-order valence-corrected chi connectivity index (χ3v) is 13.2. The van der Waals surface area contributed by atoms with Gasteiger partial charge in [0.1, 0.15) is 0 Å². The number of hydrogen-bond donors (Lipinski definition) is 0. The molecular formula is C55H39NS. The normalized spacial score (nSPS) is 12.9. The molecule has 0 saturated carbocycles. The van der Waals surface area contributed by atoms with Crippen molar-refractivity contribution in [2.45, 2.75) is 19.3 Å². The van der Waals surface area contributed by atoms with Crippen LogP contribution in [0.4, 0.5) is 17.1 Å². The van der Waals surface area contributed by atoms with Gasteiger partial charge in [-0.1, -0.05) is 172 Å². The minimum Gasteiger partial charge on any atom is -0.310 e. The van der Waals surface area contributed by atoms with Crippen molar-refractivity contribution in [3.63, 3.8) is 0 Å². The first-order valence-electron chi connectivity index (χ1n) is 19.8. The highest BCUT2D eigenvalue weighted by atomic mass is 32.1. The molecule has 0 atom stereocenters. The summed E-state index contributed by atoms with van der Waals surface area (Å²) in [5.74, 6) is 0. The van der Waals surface area contributed by atoms with E-state index in [4.69, 9.17) is 0 Å². The van der Waals surface area contributed by atoms with Crippen molar-refractivity contribution in [2.75, 3.05) is 4.90 Å². The zero-order valence-electron chi connectivity index (χ0n) is 31.9. The molecule has 1 heterocycles. The Balaban J connectivity index is 1.05. The van der Waals surface area contributed by atoms with Crippen LogP contribution < -0.4 is 4.90 Å². The molecule has 2 heteroatoms. The van der Waals surface area contributed by atoms with Gasteiger partial charge in [-0.25, -0.2) is 0 Å². The van der Waals surface area contributed by atoms with Gasteiger partial charge < -0.3 is 4.90 Å². The van der Waals surface area contributed by atoms with E-state index in [1.807, 2.05) is 11.3 Å². The Kier molecular flexibility index (Phi) is 7.77. The third kappa shape index (κ3) is 5.44. The first-order valence-corrected chi connectivity index (χ1v) is 20.6. The standard InChI is InChI=1S/C55H39NS/c1-55(2)49-21-8-5-18-48(49)54-45(20-12-22-50(54)55)38-27-32-41(33-28-38)56(40-30-25-37(26-31-40)43-19-11-14-36-13-3-4-15-42(36)43)51-23-9-6-16-44(51)39-29-34-47-46-17-7-10-24-52(46)57-53(47)35-39/h3-35H,1-2H3. The highest BCUT2D eigenvalue weighted by Gasteiger charge is 2.36. The van der Waals surface area contributed by atoms with Crippen LogP contribution in [0.5, 0.6) is 0 Å². The summed E-state index contributed by atoms with van der Waals surface area (Å²) in [6, 6.07) is 73.8. The zero-order chi connectivity index (χ0) is 38.1. The van der Waals surface area contributed by atoms with Crippen molar-refractivity contribution in [2.24, 2.45) is 0 Å². The van der Waals surface area contributed by atoms with E-state index in [1.165, 1.54) is 86.6 Å². The molecule has 0 N–H and O–H groups in total. The second-order valence-electron chi connectivity index (χ2n) is 15.7. The fourth-order valence-electron chi connectivity index (χ4n) is 9.29. The molecule has 57 heavy (non-hydrogen) atoms. The number of para-hydroxylation sites is 1. The van der Waals surface area contributed by atoms with E-state index in [2.05, 4.69) is 219 Å². The van der Waals surface area contributed by atoms with Crippen LogP contribution in [0.1, 0.15) is 25.0 Å². The number of rotatable bonds is 6. The van der Waals surface area contributed by atoms with Gasteiger partial charge in [0.25, 0.3) is 0 Å². The minimum atomic E-state index is -0.0422. The van der Waals surface area contributed by atoms with Crippen molar-refractivity contribution in [1.82, 2.24) is 0 Å². The Morgan fingerprint density at radius 2 is 0.930 bits per heavy atom. The van der Waals surface area contributed by atoms with E-state index in [1.54, 1.807) is 0 Å². The summed E-state index contributed by atoms with van der Waals surface area (Å²) in [5.41, 5.74) is 16.1. The molecule has 0 bridgehead atoms. The second-order valence-corrected chi connectivity index (χ2v) is 16.8. The van der Waals surface area contributed by atoms with E-state index < -0.39 is 0 Å². The molecule has 9 aromatic carbocycles. The summed E-state index contributed by atoms with van der Waals surface area (Å²) in [6.07, 6.45) is 0. The molecule has 0 amide bonds. The number of benzene rings is 9. The first kappa shape index (κ1) is 33.6. The van der Waals surface area contributed by atoms with Gasteiger partial charge in [-0.3, -0.25) is 0 Å². The topological polar surface area (TPSA) is 3.24 Å². The summed E-state index contributed by atoms with van der Waals surface area (Å²) < 4.78 is 2.63. The van der Waals surface area contributed by atoms with Crippen molar-refractivity contribution in [1.29, 1.82) is 0 Å². The average Bonchev–Trinajstić information content (AvgIpc) is 3.75. The number of thiophene rings is 1. The van der Waals surface area contributed by atoms with E-state index in [-0.39, 0.29) is 5.41 Å². The van der Waals surface area contributed by atoms with Crippen molar-refractivity contribution in [3.05, 3.63) is 211 Å². The van der Waals surface area contributed by atoms with Crippen LogP contribution in [0.15, 0.2) is 200 Å². The van der Waals surface area contributed by atoms with Crippen molar-refractivity contribution >= 4 is 59.3 Å². The molecule has 1 aromatic heterocycles. The fraction of sp³-hybridized carbons (Fsp3) is 0.0545. The molecule has 0 spiro atoms. The maximum absolute atomic E-state index is 2.43. The molecule has 1 aliphatic carbocycles. The molecule has 0 saturated heterocycles. The molecule has 0 radical (unpaired) electrons. The Hall–Kier alpha value is -6.74. The highest BCUT2D eigenvalue weighted by Crippen LogP contribution is 2.52. The lowest BCUT2D eigenvalue weighted by Gasteiger charge is -2.28. The van der Waals surface area contributed by atoms with Gasteiger partial charge in [0.15, 0.2) is 0 Å². The molecular weight excluding hydrogens is 707 g/mol. The lowest BCUT2D eigenvalue weighted by Crippen LogP contribution is -2.14. The molecule has 1 nitrogen and oxygen atoms in total. The largest absolute Gasteiger partial charge is 0.310 e.